The molecule has 3 rings (SSSR count). The van der Waals surface area contributed by atoms with E-state index in [0.29, 0.717) is 23.5 Å². The first-order chi connectivity index (χ1) is 11.1. The summed E-state index contributed by atoms with van der Waals surface area (Å²) >= 11 is 3.32. The SMILES string of the molecule is O=C(Nc1ccn(Cc2ccccc2F)n1)c1ccc(Br)cc1. The van der Waals surface area contributed by atoms with Crippen LogP contribution in [0.5, 0.6) is 0 Å². The van der Waals surface area contributed by atoms with E-state index in [9.17, 15) is 9.18 Å². The summed E-state index contributed by atoms with van der Waals surface area (Å²) in [6, 6.07) is 15.2. The van der Waals surface area contributed by atoms with E-state index in [-0.39, 0.29) is 11.7 Å². The number of amides is 1. The average Bonchev–Trinajstić information content (AvgIpc) is 2.97. The first-order valence-electron chi connectivity index (χ1n) is 6.95. The van der Waals surface area contributed by atoms with Gasteiger partial charge in [0.05, 0.1) is 6.54 Å². The predicted molar refractivity (Wildman–Crippen MR) is 89.8 cm³/mol. The Morgan fingerprint density at radius 3 is 2.61 bits per heavy atom. The average molecular weight is 374 g/mol. The van der Waals surface area contributed by atoms with Crippen LogP contribution >= 0.6 is 15.9 Å². The Bertz CT molecular complexity index is 830. The first-order valence-corrected chi connectivity index (χ1v) is 7.75. The summed E-state index contributed by atoms with van der Waals surface area (Å²) in [5.74, 6) is -0.0913. The Morgan fingerprint density at radius 1 is 1.13 bits per heavy atom. The summed E-state index contributed by atoms with van der Waals surface area (Å²) in [5.41, 5.74) is 1.08. The van der Waals surface area contributed by atoms with Gasteiger partial charge in [0.1, 0.15) is 5.82 Å². The second-order valence-corrected chi connectivity index (χ2v) is 5.87. The molecule has 0 aliphatic carbocycles. The van der Waals surface area contributed by atoms with Crippen LogP contribution in [-0.4, -0.2) is 15.7 Å². The van der Waals surface area contributed by atoms with Gasteiger partial charge in [-0.2, -0.15) is 5.10 Å². The first kappa shape index (κ1) is 15.4. The molecule has 0 radical (unpaired) electrons. The van der Waals surface area contributed by atoms with E-state index >= 15 is 0 Å². The minimum atomic E-state index is -0.275. The third kappa shape index (κ3) is 3.84. The van der Waals surface area contributed by atoms with E-state index in [0.717, 1.165) is 4.47 Å². The highest BCUT2D eigenvalue weighted by Gasteiger charge is 2.09. The molecule has 6 heteroatoms. The number of benzene rings is 2. The summed E-state index contributed by atoms with van der Waals surface area (Å²) in [6.07, 6.45) is 1.70. The number of halogens is 2. The van der Waals surface area contributed by atoms with Gasteiger partial charge in [0.25, 0.3) is 5.91 Å². The zero-order chi connectivity index (χ0) is 16.2. The number of nitrogens with one attached hydrogen (secondary N) is 1. The molecule has 0 saturated heterocycles. The Labute approximate surface area is 141 Å². The zero-order valence-electron chi connectivity index (χ0n) is 12.0. The topological polar surface area (TPSA) is 46.9 Å². The van der Waals surface area contributed by atoms with Gasteiger partial charge in [-0.25, -0.2) is 4.39 Å². The highest BCUT2D eigenvalue weighted by atomic mass is 79.9. The normalized spacial score (nSPS) is 10.5. The van der Waals surface area contributed by atoms with Crippen molar-refractivity contribution in [2.75, 3.05) is 5.32 Å². The van der Waals surface area contributed by atoms with Crippen molar-refractivity contribution in [3.05, 3.63) is 82.2 Å². The molecule has 1 N–H and O–H groups in total. The van der Waals surface area contributed by atoms with Crippen LogP contribution < -0.4 is 5.32 Å². The van der Waals surface area contributed by atoms with Crippen molar-refractivity contribution in [3.8, 4) is 0 Å². The van der Waals surface area contributed by atoms with Crippen LogP contribution in [0, 0.1) is 5.82 Å². The lowest BCUT2D eigenvalue weighted by Crippen LogP contribution is -2.12. The van der Waals surface area contributed by atoms with Crippen LogP contribution in [0.25, 0.3) is 0 Å². The third-order valence-corrected chi connectivity index (χ3v) is 3.81. The van der Waals surface area contributed by atoms with Crippen LogP contribution in [0.4, 0.5) is 10.2 Å². The standard InChI is InChI=1S/C17H13BrFN3O/c18-14-7-5-12(6-8-14)17(23)20-16-9-10-22(21-16)11-13-3-1-2-4-15(13)19/h1-10H,11H2,(H,20,21,23). The number of aromatic nitrogens is 2. The Balaban J connectivity index is 1.68. The number of hydrogen-bond donors (Lipinski definition) is 1. The molecule has 0 bridgehead atoms. The van der Waals surface area contributed by atoms with E-state index in [1.807, 2.05) is 0 Å². The van der Waals surface area contributed by atoms with Gasteiger partial charge < -0.3 is 5.32 Å². The lowest BCUT2D eigenvalue weighted by Gasteiger charge is -2.04. The third-order valence-electron chi connectivity index (χ3n) is 3.28. The molecule has 1 aromatic heterocycles. The molecule has 2 aromatic carbocycles. The maximum Gasteiger partial charge on any atom is 0.256 e. The van der Waals surface area contributed by atoms with Gasteiger partial charge in [0.15, 0.2) is 5.82 Å². The minimum Gasteiger partial charge on any atom is -0.305 e. The molecule has 0 aliphatic heterocycles. The summed E-state index contributed by atoms with van der Waals surface area (Å²) in [6.45, 7) is 0.306. The quantitative estimate of drug-likeness (QED) is 0.748. The van der Waals surface area contributed by atoms with Gasteiger partial charge >= 0.3 is 0 Å². The van der Waals surface area contributed by atoms with Gasteiger partial charge in [0.2, 0.25) is 0 Å². The van der Waals surface area contributed by atoms with Gasteiger partial charge in [0, 0.05) is 27.9 Å². The minimum absolute atomic E-state index is 0.242. The lowest BCUT2D eigenvalue weighted by atomic mass is 10.2. The van der Waals surface area contributed by atoms with E-state index in [1.54, 1.807) is 59.4 Å². The number of nitrogens with zero attached hydrogens (tertiary/aromatic N) is 2. The molecular formula is C17H13BrFN3O. The molecule has 0 saturated carbocycles. The van der Waals surface area contributed by atoms with Crippen molar-refractivity contribution in [1.29, 1.82) is 0 Å². The molecule has 1 heterocycles. The number of hydrogen-bond acceptors (Lipinski definition) is 2. The van der Waals surface area contributed by atoms with Gasteiger partial charge in [-0.05, 0) is 30.3 Å². The molecule has 4 nitrogen and oxygen atoms in total. The largest absolute Gasteiger partial charge is 0.305 e. The van der Waals surface area contributed by atoms with Crippen molar-refractivity contribution >= 4 is 27.7 Å². The predicted octanol–water partition coefficient (Wildman–Crippen LogP) is 4.09. The number of carbonyl (C=O) groups excluding carboxylic acids is 1. The van der Waals surface area contributed by atoms with Crippen LogP contribution in [0.15, 0.2) is 65.3 Å². The molecule has 23 heavy (non-hydrogen) atoms. The van der Waals surface area contributed by atoms with Crippen LogP contribution in [0.2, 0.25) is 0 Å². The summed E-state index contributed by atoms with van der Waals surface area (Å²) < 4.78 is 16.1. The molecule has 1 amide bonds. The molecule has 3 aromatic rings. The fraction of sp³-hybridized carbons (Fsp3) is 0.0588. The molecule has 0 unspecified atom stereocenters. The maximum absolute atomic E-state index is 13.6. The zero-order valence-corrected chi connectivity index (χ0v) is 13.6. The van der Waals surface area contributed by atoms with E-state index in [2.05, 4.69) is 26.3 Å². The van der Waals surface area contributed by atoms with E-state index in [1.165, 1.54) is 6.07 Å². The number of rotatable bonds is 4. The van der Waals surface area contributed by atoms with Crippen LogP contribution in [0.3, 0.4) is 0 Å². The van der Waals surface area contributed by atoms with Gasteiger partial charge in [-0.15, -0.1) is 0 Å². The highest BCUT2D eigenvalue weighted by molar-refractivity contribution is 9.10. The van der Waals surface area contributed by atoms with E-state index < -0.39 is 0 Å². The summed E-state index contributed by atoms with van der Waals surface area (Å²) in [4.78, 5) is 12.1. The molecule has 0 aliphatic rings. The summed E-state index contributed by atoms with van der Waals surface area (Å²) in [5, 5.41) is 6.96. The highest BCUT2D eigenvalue weighted by Crippen LogP contribution is 2.13. The van der Waals surface area contributed by atoms with Crippen molar-refractivity contribution < 1.29 is 9.18 Å². The molecule has 0 atom stereocenters. The maximum atomic E-state index is 13.6. The molecule has 0 spiro atoms. The lowest BCUT2D eigenvalue weighted by molar-refractivity contribution is 0.102. The van der Waals surface area contributed by atoms with Gasteiger partial charge in [-0.1, -0.05) is 34.1 Å². The van der Waals surface area contributed by atoms with Crippen LogP contribution in [-0.2, 0) is 6.54 Å². The summed E-state index contributed by atoms with van der Waals surface area (Å²) in [7, 11) is 0. The van der Waals surface area contributed by atoms with E-state index in [4.69, 9.17) is 0 Å². The monoisotopic (exact) mass is 373 g/mol. The molecule has 116 valence electrons. The molecular weight excluding hydrogens is 361 g/mol. The Hall–Kier alpha value is -2.47. The van der Waals surface area contributed by atoms with Crippen LogP contribution in [0.1, 0.15) is 15.9 Å². The molecule has 0 fully saturated rings. The Kier molecular flexibility index (Phi) is 4.52. The van der Waals surface area contributed by atoms with Gasteiger partial charge in [-0.3, -0.25) is 9.48 Å². The van der Waals surface area contributed by atoms with Crippen molar-refractivity contribution in [2.24, 2.45) is 0 Å². The number of carbonyl (C=O) groups is 1. The second kappa shape index (κ2) is 6.75. The van der Waals surface area contributed by atoms with Crippen molar-refractivity contribution in [1.82, 2.24) is 9.78 Å². The van der Waals surface area contributed by atoms with Crippen molar-refractivity contribution in [2.45, 2.75) is 6.54 Å². The second-order valence-electron chi connectivity index (χ2n) is 4.95. The smallest absolute Gasteiger partial charge is 0.256 e. The van der Waals surface area contributed by atoms with Crippen molar-refractivity contribution in [3.63, 3.8) is 0 Å². The Morgan fingerprint density at radius 2 is 1.87 bits per heavy atom. The fourth-order valence-corrected chi connectivity index (χ4v) is 2.37. The number of anilines is 1. The fourth-order valence-electron chi connectivity index (χ4n) is 2.11.